The molecule has 0 aromatic rings. The van der Waals surface area contributed by atoms with Crippen molar-refractivity contribution in [2.75, 3.05) is 26.2 Å². The van der Waals surface area contributed by atoms with E-state index >= 15 is 0 Å². The fourth-order valence-corrected chi connectivity index (χ4v) is 3.32. The van der Waals surface area contributed by atoms with Gasteiger partial charge in [0.25, 0.3) is 0 Å². The summed E-state index contributed by atoms with van der Waals surface area (Å²) < 4.78 is 0. The van der Waals surface area contributed by atoms with Crippen LogP contribution in [0.2, 0.25) is 0 Å². The molecule has 2 N–H and O–H groups in total. The third-order valence-corrected chi connectivity index (χ3v) is 4.57. The second-order valence-electron chi connectivity index (χ2n) is 6.38. The highest BCUT2D eigenvalue weighted by molar-refractivity contribution is 4.77. The maximum atomic E-state index is 10.1. The van der Waals surface area contributed by atoms with Gasteiger partial charge in [-0.25, -0.2) is 0 Å². The fraction of sp³-hybridized carbons (Fsp3) is 1.00. The molecule has 3 nitrogen and oxygen atoms in total. The molecule has 2 fully saturated rings. The maximum absolute atomic E-state index is 10.1. The van der Waals surface area contributed by atoms with Gasteiger partial charge in [0.2, 0.25) is 0 Å². The Hall–Kier alpha value is -0.120. The van der Waals surface area contributed by atoms with Gasteiger partial charge in [-0.1, -0.05) is 19.8 Å². The molecular formula is C15H30N2O. The summed E-state index contributed by atoms with van der Waals surface area (Å²) in [6, 6.07) is 0.642. The first-order valence-corrected chi connectivity index (χ1v) is 7.88. The molecule has 0 amide bonds. The highest BCUT2D eigenvalue weighted by Gasteiger charge is 2.19. The summed E-state index contributed by atoms with van der Waals surface area (Å²) in [6.07, 6.45) is 9.08. The van der Waals surface area contributed by atoms with E-state index in [1.165, 1.54) is 58.0 Å². The van der Waals surface area contributed by atoms with Gasteiger partial charge in [0, 0.05) is 19.1 Å². The Morgan fingerprint density at radius 1 is 1.11 bits per heavy atom. The van der Waals surface area contributed by atoms with Crippen molar-refractivity contribution >= 4 is 0 Å². The third-order valence-electron chi connectivity index (χ3n) is 4.57. The molecule has 106 valence electrons. The number of aliphatic hydroxyl groups excluding tert-OH is 1. The van der Waals surface area contributed by atoms with Crippen LogP contribution in [0.1, 0.15) is 51.9 Å². The van der Waals surface area contributed by atoms with Crippen LogP contribution in [-0.2, 0) is 0 Å². The summed E-state index contributed by atoms with van der Waals surface area (Å²) >= 11 is 0. The molecule has 0 aromatic heterocycles. The van der Waals surface area contributed by atoms with Gasteiger partial charge in [-0.15, -0.1) is 0 Å². The second kappa shape index (κ2) is 7.46. The van der Waals surface area contributed by atoms with Gasteiger partial charge < -0.3 is 15.3 Å². The summed E-state index contributed by atoms with van der Waals surface area (Å²) in [5, 5.41) is 13.6. The van der Waals surface area contributed by atoms with Crippen LogP contribution in [0.15, 0.2) is 0 Å². The normalized spacial score (nSPS) is 32.3. The Labute approximate surface area is 112 Å². The zero-order valence-corrected chi connectivity index (χ0v) is 11.9. The summed E-state index contributed by atoms with van der Waals surface area (Å²) in [5.74, 6) is 0.895. The largest absolute Gasteiger partial charge is 0.390 e. The molecule has 1 heterocycles. The molecule has 2 aliphatic rings. The van der Waals surface area contributed by atoms with E-state index in [4.69, 9.17) is 0 Å². The molecule has 3 unspecified atom stereocenters. The molecule has 1 aliphatic heterocycles. The number of likely N-dealkylation sites (tertiary alicyclic amines) is 1. The van der Waals surface area contributed by atoms with Crippen LogP contribution in [0.3, 0.4) is 0 Å². The first kappa shape index (κ1) is 14.3. The number of nitrogens with one attached hydrogen (secondary N) is 1. The smallest absolute Gasteiger partial charge is 0.0791 e. The standard InChI is InChI=1S/C15H30N2O/c1-13-5-4-6-14(8-7-13)16-11-15(18)12-17-9-2-3-10-17/h13-16,18H,2-12H2,1H3. The Kier molecular flexibility index (Phi) is 5.93. The van der Waals surface area contributed by atoms with E-state index in [9.17, 15) is 5.11 Å². The number of hydrogen-bond acceptors (Lipinski definition) is 3. The van der Waals surface area contributed by atoms with Crippen molar-refractivity contribution in [3.8, 4) is 0 Å². The van der Waals surface area contributed by atoms with Crippen LogP contribution in [0.25, 0.3) is 0 Å². The Morgan fingerprint density at radius 3 is 2.67 bits per heavy atom. The van der Waals surface area contributed by atoms with Crippen molar-refractivity contribution in [1.29, 1.82) is 0 Å². The van der Waals surface area contributed by atoms with E-state index in [0.29, 0.717) is 6.04 Å². The first-order valence-electron chi connectivity index (χ1n) is 7.88. The van der Waals surface area contributed by atoms with E-state index in [0.717, 1.165) is 19.0 Å². The molecule has 2 rings (SSSR count). The van der Waals surface area contributed by atoms with Gasteiger partial charge >= 0.3 is 0 Å². The lowest BCUT2D eigenvalue weighted by Gasteiger charge is -2.22. The number of nitrogens with zero attached hydrogens (tertiary/aromatic N) is 1. The van der Waals surface area contributed by atoms with Crippen molar-refractivity contribution in [1.82, 2.24) is 10.2 Å². The van der Waals surface area contributed by atoms with Gasteiger partial charge in [0.1, 0.15) is 0 Å². The molecule has 3 heteroatoms. The lowest BCUT2D eigenvalue weighted by Crippen LogP contribution is -2.40. The minimum atomic E-state index is -0.191. The van der Waals surface area contributed by atoms with E-state index in [1.807, 2.05) is 0 Å². The molecule has 0 bridgehead atoms. The average molecular weight is 254 g/mol. The summed E-state index contributed by atoms with van der Waals surface area (Å²) in [6.45, 7) is 6.35. The van der Waals surface area contributed by atoms with Crippen LogP contribution >= 0.6 is 0 Å². The predicted octanol–water partition coefficient (Wildman–Crippen LogP) is 2.00. The van der Waals surface area contributed by atoms with Gasteiger partial charge in [0.15, 0.2) is 0 Å². The van der Waals surface area contributed by atoms with Crippen LogP contribution in [0.5, 0.6) is 0 Å². The summed E-state index contributed by atoms with van der Waals surface area (Å²) in [5.41, 5.74) is 0. The lowest BCUT2D eigenvalue weighted by molar-refractivity contribution is 0.119. The number of hydrogen-bond donors (Lipinski definition) is 2. The molecular weight excluding hydrogens is 224 g/mol. The van der Waals surface area contributed by atoms with E-state index in [1.54, 1.807) is 0 Å². The highest BCUT2D eigenvalue weighted by Crippen LogP contribution is 2.22. The van der Waals surface area contributed by atoms with Crippen molar-refractivity contribution in [3.05, 3.63) is 0 Å². The van der Waals surface area contributed by atoms with Crippen molar-refractivity contribution in [2.45, 2.75) is 64.0 Å². The molecule has 0 spiro atoms. The Bertz CT molecular complexity index is 229. The summed E-state index contributed by atoms with van der Waals surface area (Å²) in [4.78, 5) is 2.39. The minimum Gasteiger partial charge on any atom is -0.390 e. The molecule has 18 heavy (non-hydrogen) atoms. The van der Waals surface area contributed by atoms with Gasteiger partial charge in [-0.3, -0.25) is 0 Å². The van der Waals surface area contributed by atoms with Crippen LogP contribution in [0.4, 0.5) is 0 Å². The highest BCUT2D eigenvalue weighted by atomic mass is 16.3. The zero-order valence-electron chi connectivity index (χ0n) is 11.9. The van der Waals surface area contributed by atoms with E-state index in [2.05, 4.69) is 17.1 Å². The molecule has 0 aromatic carbocycles. The molecule has 1 saturated carbocycles. The average Bonchev–Trinajstić information content (AvgIpc) is 2.76. The maximum Gasteiger partial charge on any atom is 0.0791 e. The quantitative estimate of drug-likeness (QED) is 0.737. The monoisotopic (exact) mass is 254 g/mol. The molecule has 0 radical (unpaired) electrons. The van der Waals surface area contributed by atoms with Crippen LogP contribution in [0, 0.1) is 5.92 Å². The van der Waals surface area contributed by atoms with Crippen molar-refractivity contribution < 1.29 is 5.11 Å². The van der Waals surface area contributed by atoms with Crippen LogP contribution < -0.4 is 5.32 Å². The van der Waals surface area contributed by atoms with Crippen LogP contribution in [-0.4, -0.2) is 48.3 Å². The number of β-amino-alcohol motifs (C(OH)–C–C–N with tert-alkyl or cyclic N) is 1. The zero-order chi connectivity index (χ0) is 12.8. The SMILES string of the molecule is CC1CCCC(NCC(O)CN2CCCC2)CC1. The summed E-state index contributed by atoms with van der Waals surface area (Å²) in [7, 11) is 0. The molecule has 1 saturated heterocycles. The fourth-order valence-electron chi connectivity index (χ4n) is 3.32. The number of aliphatic hydroxyl groups is 1. The van der Waals surface area contributed by atoms with Gasteiger partial charge in [0.05, 0.1) is 6.10 Å². The first-order chi connectivity index (χ1) is 8.74. The minimum absolute atomic E-state index is 0.191. The second-order valence-corrected chi connectivity index (χ2v) is 6.38. The molecule has 1 aliphatic carbocycles. The Morgan fingerprint density at radius 2 is 1.89 bits per heavy atom. The molecule has 3 atom stereocenters. The van der Waals surface area contributed by atoms with Gasteiger partial charge in [-0.2, -0.15) is 0 Å². The third kappa shape index (κ3) is 4.87. The topological polar surface area (TPSA) is 35.5 Å². The van der Waals surface area contributed by atoms with Crippen molar-refractivity contribution in [2.24, 2.45) is 5.92 Å². The lowest BCUT2D eigenvalue weighted by atomic mass is 10.0. The van der Waals surface area contributed by atoms with Gasteiger partial charge in [-0.05, 0) is 51.1 Å². The van der Waals surface area contributed by atoms with Crippen molar-refractivity contribution in [3.63, 3.8) is 0 Å². The predicted molar refractivity (Wildman–Crippen MR) is 75.7 cm³/mol. The van der Waals surface area contributed by atoms with E-state index in [-0.39, 0.29) is 6.10 Å². The van der Waals surface area contributed by atoms with E-state index < -0.39 is 0 Å². The Balaban J connectivity index is 1.60. The number of rotatable bonds is 5.